The van der Waals surface area contributed by atoms with Crippen LogP contribution in [0.4, 0.5) is 5.69 Å². The number of amides is 1. The molecule has 1 aromatic carbocycles. The van der Waals surface area contributed by atoms with E-state index >= 15 is 0 Å². The van der Waals surface area contributed by atoms with Gasteiger partial charge in [0.1, 0.15) is 0 Å². The van der Waals surface area contributed by atoms with Gasteiger partial charge in [0, 0.05) is 18.7 Å². The van der Waals surface area contributed by atoms with E-state index in [1.807, 2.05) is 0 Å². The molecule has 0 aliphatic carbocycles. The lowest BCUT2D eigenvalue weighted by molar-refractivity contribution is -0.116. The van der Waals surface area contributed by atoms with Crippen LogP contribution in [0.25, 0.3) is 0 Å². The Balaban J connectivity index is 2.70. The van der Waals surface area contributed by atoms with E-state index in [2.05, 4.69) is 56.1 Å². The van der Waals surface area contributed by atoms with Crippen molar-refractivity contribution < 1.29 is 4.79 Å². The molecule has 0 heterocycles. The molecule has 0 unspecified atom stereocenters. The van der Waals surface area contributed by atoms with Gasteiger partial charge in [-0.25, -0.2) is 0 Å². The summed E-state index contributed by atoms with van der Waals surface area (Å²) in [6.45, 7) is 11.3. The highest BCUT2D eigenvalue weighted by Gasteiger charge is 2.10. The Labute approximate surface area is 123 Å². The first-order valence-corrected chi connectivity index (χ1v) is 7.79. The molecule has 3 heteroatoms. The van der Waals surface area contributed by atoms with Crippen LogP contribution < -0.4 is 5.32 Å². The fourth-order valence-electron chi connectivity index (χ4n) is 2.40. The fourth-order valence-corrected chi connectivity index (χ4v) is 2.40. The molecule has 0 saturated heterocycles. The fraction of sp³-hybridized carbons (Fsp3) is 0.588. The zero-order chi connectivity index (χ0) is 15.0. The number of benzene rings is 1. The average molecular weight is 276 g/mol. The summed E-state index contributed by atoms with van der Waals surface area (Å²) in [5.74, 6) is 0.118. The van der Waals surface area contributed by atoms with Gasteiger partial charge >= 0.3 is 0 Å². The van der Waals surface area contributed by atoms with Crippen LogP contribution in [0.1, 0.15) is 45.2 Å². The molecule has 0 aliphatic rings. The monoisotopic (exact) mass is 276 g/mol. The van der Waals surface area contributed by atoms with Gasteiger partial charge in [0.2, 0.25) is 5.91 Å². The van der Waals surface area contributed by atoms with Crippen molar-refractivity contribution in [1.82, 2.24) is 4.90 Å². The smallest absolute Gasteiger partial charge is 0.225 e. The van der Waals surface area contributed by atoms with E-state index in [1.165, 1.54) is 11.1 Å². The summed E-state index contributed by atoms with van der Waals surface area (Å²) >= 11 is 0. The summed E-state index contributed by atoms with van der Waals surface area (Å²) in [5, 5.41) is 3.12. The van der Waals surface area contributed by atoms with E-state index in [4.69, 9.17) is 0 Å². The SMILES string of the molecule is CCc1cccc(CC)c1NC(=O)CCN(CC)CC. The van der Waals surface area contributed by atoms with Crippen molar-refractivity contribution in [2.75, 3.05) is 25.0 Å². The summed E-state index contributed by atoms with van der Waals surface area (Å²) in [4.78, 5) is 14.4. The maximum atomic E-state index is 12.1. The third-order valence-corrected chi connectivity index (χ3v) is 3.81. The zero-order valence-corrected chi connectivity index (χ0v) is 13.3. The lowest BCUT2D eigenvalue weighted by atomic mass is 10.0. The Morgan fingerprint density at radius 3 is 2.05 bits per heavy atom. The first-order chi connectivity index (χ1) is 9.65. The molecule has 1 N–H and O–H groups in total. The number of hydrogen-bond acceptors (Lipinski definition) is 2. The highest BCUT2D eigenvalue weighted by molar-refractivity contribution is 5.92. The summed E-state index contributed by atoms with van der Waals surface area (Å²) in [5.41, 5.74) is 3.48. The molecular formula is C17H28N2O. The maximum absolute atomic E-state index is 12.1. The molecule has 0 spiro atoms. The minimum Gasteiger partial charge on any atom is -0.326 e. The number of hydrogen-bond donors (Lipinski definition) is 1. The molecule has 0 bridgehead atoms. The number of carbonyl (C=O) groups is 1. The standard InChI is InChI=1S/C17H28N2O/c1-5-14-10-9-11-15(6-2)17(14)18-16(20)12-13-19(7-3)8-4/h9-11H,5-8,12-13H2,1-4H3,(H,18,20). The lowest BCUT2D eigenvalue weighted by Gasteiger charge is -2.18. The Morgan fingerprint density at radius 2 is 1.60 bits per heavy atom. The second-order valence-corrected chi connectivity index (χ2v) is 4.98. The Morgan fingerprint density at radius 1 is 1.05 bits per heavy atom. The molecule has 0 atom stereocenters. The first kappa shape index (κ1) is 16.7. The van der Waals surface area contributed by atoms with Gasteiger partial charge in [-0.15, -0.1) is 0 Å². The molecule has 0 saturated carbocycles. The Bertz CT molecular complexity index is 403. The van der Waals surface area contributed by atoms with Crippen LogP contribution >= 0.6 is 0 Å². The van der Waals surface area contributed by atoms with Crippen LogP contribution in [0.2, 0.25) is 0 Å². The van der Waals surface area contributed by atoms with E-state index in [9.17, 15) is 4.79 Å². The summed E-state index contributed by atoms with van der Waals surface area (Å²) in [6.07, 6.45) is 2.45. The number of nitrogens with one attached hydrogen (secondary N) is 1. The van der Waals surface area contributed by atoms with Gasteiger partial charge in [0.25, 0.3) is 0 Å². The normalized spacial score (nSPS) is 10.8. The van der Waals surface area contributed by atoms with Gasteiger partial charge in [-0.05, 0) is 37.1 Å². The number of nitrogens with zero attached hydrogens (tertiary/aromatic N) is 1. The van der Waals surface area contributed by atoms with Crippen molar-refractivity contribution in [2.24, 2.45) is 0 Å². The van der Waals surface area contributed by atoms with Crippen molar-refractivity contribution >= 4 is 11.6 Å². The van der Waals surface area contributed by atoms with Gasteiger partial charge in [0.05, 0.1) is 0 Å². The third-order valence-electron chi connectivity index (χ3n) is 3.81. The topological polar surface area (TPSA) is 32.3 Å². The van der Waals surface area contributed by atoms with Crippen molar-refractivity contribution in [1.29, 1.82) is 0 Å². The van der Waals surface area contributed by atoms with Crippen molar-refractivity contribution in [2.45, 2.75) is 47.0 Å². The van der Waals surface area contributed by atoms with Crippen molar-refractivity contribution in [3.8, 4) is 0 Å². The van der Waals surface area contributed by atoms with Crippen LogP contribution in [0.3, 0.4) is 0 Å². The van der Waals surface area contributed by atoms with Crippen LogP contribution in [0.15, 0.2) is 18.2 Å². The van der Waals surface area contributed by atoms with E-state index in [1.54, 1.807) is 0 Å². The van der Waals surface area contributed by atoms with Gasteiger partial charge in [0.15, 0.2) is 0 Å². The molecule has 0 aromatic heterocycles. The highest BCUT2D eigenvalue weighted by atomic mass is 16.1. The minimum absolute atomic E-state index is 0.118. The number of carbonyl (C=O) groups excluding carboxylic acids is 1. The van der Waals surface area contributed by atoms with Gasteiger partial charge in [-0.3, -0.25) is 4.79 Å². The number of aryl methyl sites for hydroxylation is 2. The van der Waals surface area contributed by atoms with E-state index < -0.39 is 0 Å². The van der Waals surface area contributed by atoms with Gasteiger partial charge < -0.3 is 10.2 Å². The predicted octanol–water partition coefficient (Wildman–Crippen LogP) is 3.48. The molecule has 0 radical (unpaired) electrons. The van der Waals surface area contributed by atoms with Crippen LogP contribution in [-0.4, -0.2) is 30.4 Å². The number of rotatable bonds is 8. The van der Waals surface area contributed by atoms with E-state index in [0.29, 0.717) is 6.42 Å². The van der Waals surface area contributed by atoms with Gasteiger partial charge in [-0.2, -0.15) is 0 Å². The Kier molecular flexibility index (Phi) is 7.31. The molecule has 20 heavy (non-hydrogen) atoms. The molecule has 112 valence electrons. The number of anilines is 1. The molecule has 1 amide bonds. The zero-order valence-electron chi connectivity index (χ0n) is 13.3. The second kappa shape index (κ2) is 8.75. The third kappa shape index (κ3) is 4.64. The van der Waals surface area contributed by atoms with E-state index in [0.717, 1.165) is 38.2 Å². The molecule has 1 aromatic rings. The van der Waals surface area contributed by atoms with Crippen molar-refractivity contribution in [3.63, 3.8) is 0 Å². The molecule has 3 nitrogen and oxygen atoms in total. The van der Waals surface area contributed by atoms with Crippen molar-refractivity contribution in [3.05, 3.63) is 29.3 Å². The molecule has 0 fully saturated rings. The maximum Gasteiger partial charge on any atom is 0.225 e. The molecule has 0 aliphatic heterocycles. The Hall–Kier alpha value is -1.35. The van der Waals surface area contributed by atoms with Crippen LogP contribution in [-0.2, 0) is 17.6 Å². The van der Waals surface area contributed by atoms with Crippen LogP contribution in [0, 0.1) is 0 Å². The largest absolute Gasteiger partial charge is 0.326 e. The molecular weight excluding hydrogens is 248 g/mol. The highest BCUT2D eigenvalue weighted by Crippen LogP contribution is 2.22. The summed E-state index contributed by atoms with van der Waals surface area (Å²) in [6, 6.07) is 6.27. The number of para-hydroxylation sites is 1. The summed E-state index contributed by atoms with van der Waals surface area (Å²) in [7, 11) is 0. The minimum atomic E-state index is 0.118. The first-order valence-electron chi connectivity index (χ1n) is 7.79. The van der Waals surface area contributed by atoms with Crippen LogP contribution in [0.5, 0.6) is 0 Å². The van der Waals surface area contributed by atoms with Gasteiger partial charge in [-0.1, -0.05) is 45.9 Å². The molecule has 1 rings (SSSR count). The second-order valence-electron chi connectivity index (χ2n) is 4.98. The lowest BCUT2D eigenvalue weighted by Crippen LogP contribution is -2.27. The average Bonchev–Trinajstić information content (AvgIpc) is 2.48. The quantitative estimate of drug-likeness (QED) is 0.788. The predicted molar refractivity (Wildman–Crippen MR) is 86.2 cm³/mol. The van der Waals surface area contributed by atoms with E-state index in [-0.39, 0.29) is 5.91 Å². The summed E-state index contributed by atoms with van der Waals surface area (Å²) < 4.78 is 0.